The van der Waals surface area contributed by atoms with Gasteiger partial charge in [-0.05, 0) is 40.7 Å². The standard InChI is InChI=1S/C6H16N2.H2/c1-7-5-4-6-8(2)3;/h7H,4-6H2,1-3H3;1H. The summed E-state index contributed by atoms with van der Waals surface area (Å²) in [4.78, 5) is 2.19. The molecule has 52 valence electrons. The third-order valence-electron chi connectivity index (χ3n) is 1.03. The minimum Gasteiger partial charge on any atom is -0.320 e. The van der Waals surface area contributed by atoms with E-state index < -0.39 is 0 Å². The number of hydrogen-bond donors (Lipinski definition) is 1. The first-order valence-electron chi connectivity index (χ1n) is 3.06. The maximum atomic E-state index is 3.10. The minimum atomic E-state index is 0. The van der Waals surface area contributed by atoms with Crippen molar-refractivity contribution in [2.75, 3.05) is 34.2 Å². The summed E-state index contributed by atoms with van der Waals surface area (Å²) >= 11 is 0. The molecule has 0 aromatic carbocycles. The lowest BCUT2D eigenvalue weighted by atomic mass is 10.4. The molecule has 0 aliphatic rings. The zero-order valence-electron chi connectivity index (χ0n) is 6.07. The van der Waals surface area contributed by atoms with Gasteiger partial charge in [0.15, 0.2) is 0 Å². The van der Waals surface area contributed by atoms with E-state index in [-0.39, 0.29) is 1.43 Å². The summed E-state index contributed by atoms with van der Waals surface area (Å²) in [6, 6.07) is 0. The predicted octanol–water partition coefficient (Wildman–Crippen LogP) is 0.403. The number of hydrogen-bond acceptors (Lipinski definition) is 2. The Balaban J connectivity index is 0. The van der Waals surface area contributed by atoms with Crippen molar-refractivity contribution in [2.45, 2.75) is 6.42 Å². The summed E-state index contributed by atoms with van der Waals surface area (Å²) < 4.78 is 0. The molecule has 8 heavy (non-hydrogen) atoms. The summed E-state index contributed by atoms with van der Waals surface area (Å²) in [5.41, 5.74) is 0. The lowest BCUT2D eigenvalue weighted by molar-refractivity contribution is 0.397. The van der Waals surface area contributed by atoms with Gasteiger partial charge in [-0.25, -0.2) is 0 Å². The van der Waals surface area contributed by atoms with E-state index in [1.54, 1.807) is 0 Å². The van der Waals surface area contributed by atoms with Gasteiger partial charge < -0.3 is 10.2 Å². The Morgan fingerprint density at radius 2 is 2.12 bits per heavy atom. The van der Waals surface area contributed by atoms with Crippen molar-refractivity contribution in [3.05, 3.63) is 0 Å². The lowest BCUT2D eigenvalue weighted by Crippen LogP contribution is -2.18. The van der Waals surface area contributed by atoms with Gasteiger partial charge in [-0.2, -0.15) is 0 Å². The largest absolute Gasteiger partial charge is 0.320 e. The van der Waals surface area contributed by atoms with Crippen molar-refractivity contribution in [1.29, 1.82) is 0 Å². The van der Waals surface area contributed by atoms with Crippen LogP contribution in [0.5, 0.6) is 0 Å². The van der Waals surface area contributed by atoms with E-state index in [9.17, 15) is 0 Å². The molecule has 0 bridgehead atoms. The smallest absolute Gasteiger partial charge is 0 e. The van der Waals surface area contributed by atoms with E-state index in [1.165, 1.54) is 13.0 Å². The van der Waals surface area contributed by atoms with Gasteiger partial charge in [0.25, 0.3) is 0 Å². The van der Waals surface area contributed by atoms with Crippen LogP contribution in [0.2, 0.25) is 0 Å². The minimum absolute atomic E-state index is 0. The SMILES string of the molecule is CNCCCN(C)C.[HH]. The average molecular weight is 118 g/mol. The quantitative estimate of drug-likeness (QED) is 0.538. The Morgan fingerprint density at radius 3 is 2.50 bits per heavy atom. The zero-order chi connectivity index (χ0) is 6.41. The van der Waals surface area contributed by atoms with Gasteiger partial charge in [-0.1, -0.05) is 0 Å². The van der Waals surface area contributed by atoms with Gasteiger partial charge >= 0.3 is 0 Å². The van der Waals surface area contributed by atoms with Crippen molar-refractivity contribution >= 4 is 0 Å². The maximum absolute atomic E-state index is 3.10. The highest BCUT2D eigenvalue weighted by molar-refractivity contribution is 4.44. The van der Waals surface area contributed by atoms with Crippen LogP contribution in [-0.4, -0.2) is 39.1 Å². The maximum Gasteiger partial charge on any atom is 0 e. The fourth-order valence-corrected chi connectivity index (χ4v) is 0.572. The first-order valence-corrected chi connectivity index (χ1v) is 3.06. The average Bonchev–Trinajstić information content (AvgIpc) is 1.66. The third kappa shape index (κ3) is 5.92. The van der Waals surface area contributed by atoms with Crippen LogP contribution in [0.3, 0.4) is 0 Å². The van der Waals surface area contributed by atoms with Crippen LogP contribution in [0.15, 0.2) is 0 Å². The summed E-state index contributed by atoms with van der Waals surface area (Å²) in [6.45, 7) is 2.30. The van der Waals surface area contributed by atoms with Crippen molar-refractivity contribution in [1.82, 2.24) is 10.2 Å². The Hall–Kier alpha value is -0.0800. The van der Waals surface area contributed by atoms with Gasteiger partial charge in [-0.3, -0.25) is 0 Å². The molecule has 0 saturated carbocycles. The van der Waals surface area contributed by atoms with Crippen molar-refractivity contribution in [3.8, 4) is 0 Å². The molecule has 0 radical (unpaired) electrons. The van der Waals surface area contributed by atoms with E-state index in [4.69, 9.17) is 0 Å². The summed E-state index contributed by atoms with van der Waals surface area (Å²) in [6.07, 6.45) is 1.24. The summed E-state index contributed by atoms with van der Waals surface area (Å²) in [7, 11) is 6.17. The normalized spacial score (nSPS) is 10.5. The highest BCUT2D eigenvalue weighted by atomic mass is 15.0. The van der Waals surface area contributed by atoms with E-state index in [0.717, 1.165) is 6.54 Å². The number of nitrogens with one attached hydrogen (secondary N) is 1. The molecule has 0 rings (SSSR count). The first-order chi connectivity index (χ1) is 3.77. The number of rotatable bonds is 4. The van der Waals surface area contributed by atoms with E-state index >= 15 is 0 Å². The third-order valence-corrected chi connectivity index (χ3v) is 1.03. The van der Waals surface area contributed by atoms with Crippen LogP contribution < -0.4 is 5.32 Å². The first kappa shape index (κ1) is 7.92. The van der Waals surface area contributed by atoms with Gasteiger partial charge in [0.1, 0.15) is 0 Å². The summed E-state index contributed by atoms with van der Waals surface area (Å²) in [5, 5.41) is 3.10. The summed E-state index contributed by atoms with van der Waals surface area (Å²) in [5.74, 6) is 0. The molecule has 0 aliphatic carbocycles. The second-order valence-corrected chi connectivity index (χ2v) is 2.26. The monoisotopic (exact) mass is 118 g/mol. The van der Waals surface area contributed by atoms with E-state index in [0.29, 0.717) is 0 Å². The Labute approximate surface area is 53.4 Å². The van der Waals surface area contributed by atoms with E-state index in [2.05, 4.69) is 24.3 Å². The molecule has 0 atom stereocenters. The molecule has 2 nitrogen and oxygen atoms in total. The van der Waals surface area contributed by atoms with Crippen LogP contribution >= 0.6 is 0 Å². The molecule has 0 aliphatic heterocycles. The van der Waals surface area contributed by atoms with Gasteiger partial charge in [0.2, 0.25) is 0 Å². The van der Waals surface area contributed by atoms with Crippen LogP contribution in [0.4, 0.5) is 0 Å². The molecular weight excluding hydrogens is 100 g/mol. The molecule has 0 heterocycles. The van der Waals surface area contributed by atoms with Crippen LogP contribution in [-0.2, 0) is 0 Å². The topological polar surface area (TPSA) is 15.3 Å². The fourth-order valence-electron chi connectivity index (χ4n) is 0.572. The molecule has 0 unspecified atom stereocenters. The Bertz CT molecular complexity index is 48.3. The molecule has 0 saturated heterocycles. The fraction of sp³-hybridized carbons (Fsp3) is 1.00. The van der Waals surface area contributed by atoms with Gasteiger partial charge in [0, 0.05) is 1.43 Å². The molecule has 1 N–H and O–H groups in total. The van der Waals surface area contributed by atoms with Crippen LogP contribution in [0.25, 0.3) is 0 Å². The second kappa shape index (κ2) is 5.06. The van der Waals surface area contributed by atoms with Crippen molar-refractivity contribution in [3.63, 3.8) is 0 Å². The number of nitrogens with zero attached hydrogens (tertiary/aromatic N) is 1. The van der Waals surface area contributed by atoms with Crippen molar-refractivity contribution in [2.24, 2.45) is 0 Å². The molecule has 2 heteroatoms. The second-order valence-electron chi connectivity index (χ2n) is 2.26. The molecule has 0 spiro atoms. The van der Waals surface area contributed by atoms with Crippen LogP contribution in [0.1, 0.15) is 7.85 Å². The molecular formula is C6H18N2. The zero-order valence-corrected chi connectivity index (χ0v) is 6.07. The molecule has 0 fully saturated rings. The van der Waals surface area contributed by atoms with Gasteiger partial charge in [0.05, 0.1) is 0 Å². The molecule has 0 aromatic heterocycles. The molecule has 0 aromatic rings. The Kier molecular flexibility index (Phi) is 5.01. The van der Waals surface area contributed by atoms with E-state index in [1.807, 2.05) is 7.05 Å². The Morgan fingerprint density at radius 1 is 1.50 bits per heavy atom. The van der Waals surface area contributed by atoms with Crippen LogP contribution in [0, 0.1) is 0 Å². The van der Waals surface area contributed by atoms with Crippen molar-refractivity contribution < 1.29 is 1.43 Å². The lowest BCUT2D eigenvalue weighted by Gasteiger charge is -2.07. The predicted molar refractivity (Wildman–Crippen MR) is 39.2 cm³/mol. The molecule has 0 amide bonds. The highest BCUT2D eigenvalue weighted by Gasteiger charge is 1.85. The van der Waals surface area contributed by atoms with Gasteiger partial charge in [-0.15, -0.1) is 0 Å². The highest BCUT2D eigenvalue weighted by Crippen LogP contribution is 1.78.